The van der Waals surface area contributed by atoms with E-state index in [1.54, 1.807) is 13.8 Å². The molecular formula is C9H20O3S. The summed E-state index contributed by atoms with van der Waals surface area (Å²) in [4.78, 5) is 0. The molecule has 80 valence electrons. The first kappa shape index (κ1) is 12.9. The second-order valence-electron chi connectivity index (χ2n) is 4.31. The van der Waals surface area contributed by atoms with Gasteiger partial charge in [0.15, 0.2) is 0 Å². The van der Waals surface area contributed by atoms with Crippen LogP contribution in [0.4, 0.5) is 0 Å². The molecule has 0 atom stereocenters. The van der Waals surface area contributed by atoms with Crippen molar-refractivity contribution in [3.05, 3.63) is 0 Å². The summed E-state index contributed by atoms with van der Waals surface area (Å²) in [5.74, 6) is 0.203. The first-order valence-electron chi connectivity index (χ1n) is 4.62. The van der Waals surface area contributed by atoms with Crippen LogP contribution in [0.3, 0.4) is 0 Å². The van der Waals surface area contributed by atoms with Gasteiger partial charge in [-0.2, -0.15) is 8.42 Å². The van der Waals surface area contributed by atoms with Gasteiger partial charge in [0.1, 0.15) is 0 Å². The third-order valence-electron chi connectivity index (χ3n) is 1.74. The van der Waals surface area contributed by atoms with Crippen molar-refractivity contribution < 1.29 is 12.6 Å². The third kappa shape index (κ3) is 6.05. The van der Waals surface area contributed by atoms with Crippen LogP contribution >= 0.6 is 0 Å². The molecule has 0 saturated heterocycles. The first-order valence-corrected chi connectivity index (χ1v) is 6.19. The minimum atomic E-state index is -3.35. The topological polar surface area (TPSA) is 43.4 Å². The molecule has 0 aromatic heterocycles. The van der Waals surface area contributed by atoms with E-state index < -0.39 is 15.7 Å². The smallest absolute Gasteiger partial charge is 0.264 e. The van der Waals surface area contributed by atoms with Gasteiger partial charge in [-0.05, 0) is 26.2 Å². The van der Waals surface area contributed by atoms with Crippen LogP contribution in [0.5, 0.6) is 0 Å². The Bertz CT molecular complexity index is 240. The summed E-state index contributed by atoms with van der Waals surface area (Å²) in [6.07, 6.45) is 0.685. The molecule has 0 aromatic carbocycles. The monoisotopic (exact) mass is 208 g/mol. The second-order valence-corrected chi connectivity index (χ2v) is 5.93. The molecule has 3 nitrogen and oxygen atoms in total. The highest BCUT2D eigenvalue weighted by atomic mass is 32.2. The summed E-state index contributed by atoms with van der Waals surface area (Å²) < 4.78 is 27.8. The average molecular weight is 208 g/mol. The first-order chi connectivity index (χ1) is 5.68. The fourth-order valence-corrected chi connectivity index (χ4v) is 2.53. The largest absolute Gasteiger partial charge is 0.268 e. The Hall–Kier alpha value is -0.0900. The maximum atomic E-state index is 11.4. The highest BCUT2D eigenvalue weighted by molar-refractivity contribution is 7.86. The van der Waals surface area contributed by atoms with E-state index in [1.165, 1.54) is 0 Å². The van der Waals surface area contributed by atoms with Crippen LogP contribution in [0.15, 0.2) is 0 Å². The highest BCUT2D eigenvalue weighted by Crippen LogP contribution is 2.18. The molecule has 0 bridgehead atoms. The summed E-state index contributed by atoms with van der Waals surface area (Å²) in [6, 6.07) is 0. The van der Waals surface area contributed by atoms with Gasteiger partial charge in [0.2, 0.25) is 0 Å². The lowest BCUT2D eigenvalue weighted by atomic mass is 10.1. The molecule has 0 amide bonds. The van der Waals surface area contributed by atoms with Crippen molar-refractivity contribution in [2.24, 2.45) is 5.92 Å². The van der Waals surface area contributed by atoms with Crippen molar-refractivity contribution in [3.8, 4) is 0 Å². The van der Waals surface area contributed by atoms with E-state index in [0.29, 0.717) is 6.42 Å². The molecule has 13 heavy (non-hydrogen) atoms. The zero-order chi connectivity index (χ0) is 10.7. The van der Waals surface area contributed by atoms with Gasteiger partial charge in [0.05, 0.1) is 11.4 Å². The summed E-state index contributed by atoms with van der Waals surface area (Å²) in [6.45, 7) is 9.19. The van der Waals surface area contributed by atoms with E-state index in [2.05, 4.69) is 0 Å². The number of hydrogen-bond donors (Lipinski definition) is 0. The van der Waals surface area contributed by atoms with Crippen LogP contribution in [-0.2, 0) is 14.3 Å². The number of hydrogen-bond acceptors (Lipinski definition) is 3. The van der Waals surface area contributed by atoms with E-state index in [9.17, 15) is 8.42 Å². The molecule has 0 spiro atoms. The molecule has 0 radical (unpaired) electrons. The Labute approximate surface area is 81.6 Å². The van der Waals surface area contributed by atoms with E-state index in [1.807, 2.05) is 20.8 Å². The normalized spacial score (nSPS) is 13.7. The molecule has 0 aromatic rings. The van der Waals surface area contributed by atoms with Gasteiger partial charge < -0.3 is 0 Å². The Morgan fingerprint density at radius 2 is 1.77 bits per heavy atom. The van der Waals surface area contributed by atoms with Gasteiger partial charge in [-0.1, -0.05) is 20.8 Å². The summed E-state index contributed by atoms with van der Waals surface area (Å²) in [5.41, 5.74) is -0.576. The van der Waals surface area contributed by atoms with Gasteiger partial charge in [-0.25, -0.2) is 0 Å². The van der Waals surface area contributed by atoms with E-state index >= 15 is 0 Å². The Morgan fingerprint density at radius 1 is 1.31 bits per heavy atom. The van der Waals surface area contributed by atoms with Crippen molar-refractivity contribution >= 4 is 10.1 Å². The molecule has 0 aliphatic heterocycles. The molecule has 0 fully saturated rings. The van der Waals surface area contributed by atoms with E-state index in [-0.39, 0.29) is 11.7 Å². The molecule has 0 aliphatic rings. The maximum absolute atomic E-state index is 11.4. The zero-order valence-corrected chi connectivity index (χ0v) is 9.94. The Kier molecular flexibility index (Phi) is 4.39. The lowest BCUT2D eigenvalue weighted by molar-refractivity contribution is 0.113. The lowest BCUT2D eigenvalue weighted by Gasteiger charge is -2.22. The Balaban J connectivity index is 4.35. The van der Waals surface area contributed by atoms with Crippen molar-refractivity contribution in [1.29, 1.82) is 0 Å². The van der Waals surface area contributed by atoms with Gasteiger partial charge in [0.25, 0.3) is 10.1 Å². The van der Waals surface area contributed by atoms with Crippen molar-refractivity contribution in [2.75, 3.05) is 5.75 Å². The molecule has 0 rings (SSSR count). The van der Waals surface area contributed by atoms with Crippen molar-refractivity contribution in [2.45, 2.75) is 46.6 Å². The quantitative estimate of drug-likeness (QED) is 0.650. The van der Waals surface area contributed by atoms with Gasteiger partial charge in [-0.3, -0.25) is 4.18 Å². The second kappa shape index (κ2) is 4.42. The van der Waals surface area contributed by atoms with Gasteiger partial charge in [-0.15, -0.1) is 0 Å². The molecule has 0 unspecified atom stereocenters. The molecule has 0 heterocycles. The lowest BCUT2D eigenvalue weighted by Crippen LogP contribution is -2.29. The van der Waals surface area contributed by atoms with Crippen LogP contribution in [-0.4, -0.2) is 19.8 Å². The van der Waals surface area contributed by atoms with E-state index in [0.717, 1.165) is 0 Å². The predicted octanol–water partition coefficient (Wildman–Crippen LogP) is 2.18. The van der Waals surface area contributed by atoms with Crippen LogP contribution in [0.25, 0.3) is 0 Å². The van der Waals surface area contributed by atoms with Gasteiger partial charge >= 0.3 is 0 Å². The van der Waals surface area contributed by atoms with Crippen LogP contribution in [0, 0.1) is 5.92 Å². The van der Waals surface area contributed by atoms with Crippen LogP contribution < -0.4 is 0 Å². The van der Waals surface area contributed by atoms with E-state index in [4.69, 9.17) is 4.18 Å². The molecule has 0 saturated carbocycles. The average Bonchev–Trinajstić information content (AvgIpc) is 1.81. The van der Waals surface area contributed by atoms with Crippen LogP contribution in [0.2, 0.25) is 0 Å². The third-order valence-corrected chi connectivity index (χ3v) is 3.52. The molecular weight excluding hydrogens is 188 g/mol. The SMILES string of the molecule is CCC(C)(C)OS(=O)(=O)CC(C)C. The minimum absolute atomic E-state index is 0.0937. The predicted molar refractivity (Wildman–Crippen MR) is 54.1 cm³/mol. The standard InChI is InChI=1S/C9H20O3S/c1-6-9(4,5)12-13(10,11)7-8(2)3/h8H,6-7H2,1-5H3. The summed E-state index contributed by atoms with van der Waals surface area (Å²) in [7, 11) is -3.35. The zero-order valence-electron chi connectivity index (χ0n) is 9.12. The fraction of sp³-hybridized carbons (Fsp3) is 1.00. The highest BCUT2D eigenvalue weighted by Gasteiger charge is 2.25. The molecule has 4 heteroatoms. The number of rotatable bonds is 5. The van der Waals surface area contributed by atoms with Crippen molar-refractivity contribution in [1.82, 2.24) is 0 Å². The summed E-state index contributed by atoms with van der Waals surface area (Å²) in [5, 5.41) is 0. The van der Waals surface area contributed by atoms with Crippen LogP contribution in [0.1, 0.15) is 41.0 Å². The minimum Gasteiger partial charge on any atom is -0.264 e. The Morgan fingerprint density at radius 3 is 2.08 bits per heavy atom. The van der Waals surface area contributed by atoms with Crippen molar-refractivity contribution in [3.63, 3.8) is 0 Å². The van der Waals surface area contributed by atoms with Gasteiger partial charge in [0, 0.05) is 0 Å². The summed E-state index contributed by atoms with van der Waals surface area (Å²) >= 11 is 0. The maximum Gasteiger partial charge on any atom is 0.268 e. The molecule has 0 aliphatic carbocycles. The molecule has 0 N–H and O–H groups in total. The fourth-order valence-electron chi connectivity index (χ4n) is 0.845.